The standard InChI is InChI=1S/C26H32N6O2/c1-17(2)23(30-25(33)19-9-5-4-8-18(19)3)26(34)32-14-12-31(13-15-32)16-22-28-21-11-7-6-10-20(21)24(27)29-22/h4-11,17,23H,12-16H2,1-3H3,(H,30,33)(H2,27,28,29). The number of nitrogens with one attached hydrogen (secondary N) is 1. The molecule has 3 aromatic rings. The third-order valence-electron chi connectivity index (χ3n) is 6.34. The molecule has 2 aromatic carbocycles. The number of nitrogen functional groups attached to an aromatic ring is 1. The summed E-state index contributed by atoms with van der Waals surface area (Å²) < 4.78 is 0. The van der Waals surface area contributed by atoms with E-state index >= 15 is 0 Å². The highest BCUT2D eigenvalue weighted by Gasteiger charge is 2.31. The van der Waals surface area contributed by atoms with Crippen molar-refractivity contribution in [3.8, 4) is 0 Å². The van der Waals surface area contributed by atoms with Gasteiger partial charge < -0.3 is 16.0 Å². The van der Waals surface area contributed by atoms with Crippen LogP contribution in [-0.4, -0.2) is 63.8 Å². The molecule has 0 aliphatic carbocycles. The fourth-order valence-electron chi connectivity index (χ4n) is 4.31. The van der Waals surface area contributed by atoms with Crippen LogP contribution in [0.1, 0.15) is 35.6 Å². The first-order chi connectivity index (χ1) is 16.3. The van der Waals surface area contributed by atoms with Crippen molar-refractivity contribution < 1.29 is 9.59 Å². The second-order valence-electron chi connectivity index (χ2n) is 9.15. The largest absolute Gasteiger partial charge is 0.383 e. The number of rotatable bonds is 6. The first-order valence-electron chi connectivity index (χ1n) is 11.7. The Morgan fingerprint density at radius 3 is 2.38 bits per heavy atom. The number of aryl methyl sites for hydroxylation is 1. The van der Waals surface area contributed by atoms with Gasteiger partial charge in [-0.05, 0) is 36.6 Å². The molecule has 0 saturated carbocycles. The highest BCUT2D eigenvalue weighted by Crippen LogP contribution is 2.18. The molecule has 1 aliphatic heterocycles. The Morgan fingerprint density at radius 1 is 1.00 bits per heavy atom. The Morgan fingerprint density at radius 2 is 1.68 bits per heavy atom. The summed E-state index contributed by atoms with van der Waals surface area (Å²) in [6, 6.07) is 14.6. The molecule has 8 nitrogen and oxygen atoms in total. The number of piperazine rings is 1. The number of para-hydroxylation sites is 1. The number of nitrogens with zero attached hydrogens (tertiary/aromatic N) is 4. The van der Waals surface area contributed by atoms with E-state index < -0.39 is 6.04 Å². The van der Waals surface area contributed by atoms with Crippen LogP contribution in [0.5, 0.6) is 0 Å². The van der Waals surface area contributed by atoms with E-state index in [1.165, 1.54) is 0 Å². The number of aromatic nitrogens is 2. The smallest absolute Gasteiger partial charge is 0.252 e. The number of amides is 2. The number of carbonyl (C=O) groups is 2. The summed E-state index contributed by atoms with van der Waals surface area (Å²) in [6.45, 7) is 8.98. The molecule has 178 valence electrons. The van der Waals surface area contributed by atoms with Gasteiger partial charge in [0.15, 0.2) is 0 Å². The Labute approximate surface area is 200 Å². The summed E-state index contributed by atoms with van der Waals surface area (Å²) >= 11 is 0. The van der Waals surface area contributed by atoms with Gasteiger partial charge in [0.05, 0.1) is 12.1 Å². The van der Waals surface area contributed by atoms with Gasteiger partial charge in [0, 0.05) is 37.1 Å². The van der Waals surface area contributed by atoms with Crippen molar-refractivity contribution in [1.82, 2.24) is 25.1 Å². The summed E-state index contributed by atoms with van der Waals surface area (Å²) in [6.07, 6.45) is 0. The molecule has 2 amide bonds. The van der Waals surface area contributed by atoms with Gasteiger partial charge in [0.2, 0.25) is 5.91 Å². The molecule has 8 heteroatoms. The van der Waals surface area contributed by atoms with E-state index in [1.807, 2.05) is 68.1 Å². The molecule has 1 atom stereocenters. The van der Waals surface area contributed by atoms with E-state index in [-0.39, 0.29) is 17.7 Å². The molecule has 1 fully saturated rings. The summed E-state index contributed by atoms with van der Waals surface area (Å²) in [5.41, 5.74) is 8.44. The number of benzene rings is 2. The molecule has 2 heterocycles. The third kappa shape index (κ3) is 5.17. The molecule has 1 saturated heterocycles. The van der Waals surface area contributed by atoms with Crippen molar-refractivity contribution in [3.05, 3.63) is 65.5 Å². The van der Waals surface area contributed by atoms with E-state index in [0.29, 0.717) is 49.9 Å². The molecule has 1 aromatic heterocycles. The van der Waals surface area contributed by atoms with Crippen LogP contribution >= 0.6 is 0 Å². The van der Waals surface area contributed by atoms with Gasteiger partial charge in [-0.25, -0.2) is 9.97 Å². The molecule has 0 bridgehead atoms. The Bertz CT molecular complexity index is 1190. The molecule has 1 aliphatic rings. The summed E-state index contributed by atoms with van der Waals surface area (Å²) in [7, 11) is 0. The molecule has 0 spiro atoms. The minimum Gasteiger partial charge on any atom is -0.383 e. The van der Waals surface area contributed by atoms with E-state index in [4.69, 9.17) is 5.73 Å². The molecular weight excluding hydrogens is 428 g/mol. The van der Waals surface area contributed by atoms with Crippen molar-refractivity contribution >= 4 is 28.5 Å². The fourth-order valence-corrected chi connectivity index (χ4v) is 4.31. The zero-order valence-corrected chi connectivity index (χ0v) is 20.0. The lowest BCUT2D eigenvalue weighted by molar-refractivity contribution is -0.136. The van der Waals surface area contributed by atoms with Crippen molar-refractivity contribution in [2.75, 3.05) is 31.9 Å². The molecule has 0 radical (unpaired) electrons. The van der Waals surface area contributed by atoms with Crippen LogP contribution in [0, 0.1) is 12.8 Å². The van der Waals surface area contributed by atoms with Crippen LogP contribution in [0.3, 0.4) is 0 Å². The zero-order chi connectivity index (χ0) is 24.2. The lowest BCUT2D eigenvalue weighted by Gasteiger charge is -2.37. The predicted molar refractivity (Wildman–Crippen MR) is 133 cm³/mol. The van der Waals surface area contributed by atoms with Crippen LogP contribution in [0.4, 0.5) is 5.82 Å². The Hall–Kier alpha value is -3.52. The van der Waals surface area contributed by atoms with Crippen molar-refractivity contribution in [1.29, 1.82) is 0 Å². The van der Waals surface area contributed by atoms with Crippen molar-refractivity contribution in [2.24, 2.45) is 5.92 Å². The maximum absolute atomic E-state index is 13.3. The monoisotopic (exact) mass is 460 g/mol. The average Bonchev–Trinajstić information content (AvgIpc) is 2.82. The quantitative estimate of drug-likeness (QED) is 0.586. The lowest BCUT2D eigenvalue weighted by atomic mass is 10.0. The van der Waals surface area contributed by atoms with Gasteiger partial charge in [-0.15, -0.1) is 0 Å². The Balaban J connectivity index is 1.37. The van der Waals surface area contributed by atoms with E-state index in [1.54, 1.807) is 6.07 Å². The van der Waals surface area contributed by atoms with Gasteiger partial charge in [-0.1, -0.05) is 44.2 Å². The van der Waals surface area contributed by atoms with Crippen LogP contribution in [-0.2, 0) is 11.3 Å². The van der Waals surface area contributed by atoms with Crippen molar-refractivity contribution in [2.45, 2.75) is 33.4 Å². The van der Waals surface area contributed by atoms with Gasteiger partial charge >= 0.3 is 0 Å². The highest BCUT2D eigenvalue weighted by molar-refractivity contribution is 5.98. The Kier molecular flexibility index (Phi) is 7.07. The number of hydrogen-bond donors (Lipinski definition) is 2. The van der Waals surface area contributed by atoms with E-state index in [9.17, 15) is 9.59 Å². The molecule has 34 heavy (non-hydrogen) atoms. The summed E-state index contributed by atoms with van der Waals surface area (Å²) in [4.78, 5) is 39.3. The lowest BCUT2D eigenvalue weighted by Crippen LogP contribution is -2.56. The SMILES string of the molecule is Cc1ccccc1C(=O)NC(C(=O)N1CCN(Cc2nc(N)c3ccccc3n2)CC1)C(C)C. The zero-order valence-electron chi connectivity index (χ0n) is 20.0. The molecule has 1 unspecified atom stereocenters. The van der Waals surface area contributed by atoms with Gasteiger partial charge in [0.1, 0.15) is 17.7 Å². The van der Waals surface area contributed by atoms with E-state index in [2.05, 4.69) is 20.2 Å². The topological polar surface area (TPSA) is 104 Å². The summed E-state index contributed by atoms with van der Waals surface area (Å²) in [5, 5.41) is 3.82. The maximum Gasteiger partial charge on any atom is 0.252 e. The van der Waals surface area contributed by atoms with Crippen LogP contribution in [0.2, 0.25) is 0 Å². The molecule has 4 rings (SSSR count). The molecular formula is C26H32N6O2. The van der Waals surface area contributed by atoms with Crippen LogP contribution in [0.25, 0.3) is 10.9 Å². The predicted octanol–water partition coefficient (Wildman–Crippen LogP) is 2.62. The molecule has 3 N–H and O–H groups in total. The second-order valence-corrected chi connectivity index (χ2v) is 9.15. The van der Waals surface area contributed by atoms with Gasteiger partial charge in [-0.2, -0.15) is 0 Å². The van der Waals surface area contributed by atoms with Crippen LogP contribution in [0.15, 0.2) is 48.5 Å². The number of nitrogens with two attached hydrogens (primary N) is 1. The van der Waals surface area contributed by atoms with Crippen molar-refractivity contribution in [3.63, 3.8) is 0 Å². The number of carbonyl (C=O) groups excluding carboxylic acids is 2. The normalized spacial score (nSPS) is 15.5. The van der Waals surface area contributed by atoms with Gasteiger partial charge in [-0.3, -0.25) is 14.5 Å². The fraction of sp³-hybridized carbons (Fsp3) is 0.385. The highest BCUT2D eigenvalue weighted by atomic mass is 16.2. The number of hydrogen-bond acceptors (Lipinski definition) is 6. The van der Waals surface area contributed by atoms with Gasteiger partial charge in [0.25, 0.3) is 5.91 Å². The van der Waals surface area contributed by atoms with Crippen LogP contribution < -0.4 is 11.1 Å². The van der Waals surface area contributed by atoms with E-state index in [0.717, 1.165) is 16.5 Å². The average molecular weight is 461 g/mol. The maximum atomic E-state index is 13.3. The third-order valence-corrected chi connectivity index (χ3v) is 6.34. The first kappa shape index (κ1) is 23.6. The minimum absolute atomic E-state index is 0.0209. The first-order valence-corrected chi connectivity index (χ1v) is 11.7. The number of anilines is 1. The number of fused-ring (bicyclic) bond motifs is 1. The minimum atomic E-state index is -0.567. The summed E-state index contributed by atoms with van der Waals surface area (Å²) in [5.74, 6) is 0.894. The second kappa shape index (κ2) is 10.2.